The lowest BCUT2D eigenvalue weighted by atomic mass is 9.71. The fourth-order valence-electron chi connectivity index (χ4n) is 5.31. The lowest BCUT2D eigenvalue weighted by Crippen LogP contribution is -2.36. The number of benzene rings is 3. The molecule has 5 nitrogen and oxygen atoms in total. The Balaban J connectivity index is 1.49. The molecule has 0 saturated heterocycles. The van der Waals surface area contributed by atoms with E-state index in [4.69, 9.17) is 9.47 Å². The molecule has 2 atom stereocenters. The van der Waals surface area contributed by atoms with Gasteiger partial charge in [0.1, 0.15) is 12.4 Å². The van der Waals surface area contributed by atoms with Crippen molar-refractivity contribution in [2.45, 2.75) is 45.1 Å². The minimum atomic E-state index is -0.468. The van der Waals surface area contributed by atoms with Crippen LogP contribution >= 0.6 is 0 Å². The first-order chi connectivity index (χ1) is 17.9. The highest BCUT2D eigenvalue weighted by Crippen LogP contribution is 2.46. The largest absolute Gasteiger partial charge is 0.497 e. The fourth-order valence-corrected chi connectivity index (χ4v) is 5.31. The van der Waals surface area contributed by atoms with E-state index >= 15 is 0 Å². The maximum absolute atomic E-state index is 13.7. The molecule has 188 valence electrons. The van der Waals surface area contributed by atoms with E-state index < -0.39 is 11.9 Å². The zero-order valence-corrected chi connectivity index (χ0v) is 21.4. The predicted octanol–water partition coefficient (Wildman–Crippen LogP) is 6.11. The number of allylic oxidation sites excluding steroid dienone is 3. The Hall–Kier alpha value is -4.12. The molecule has 0 aromatic heterocycles. The number of ketones is 1. The van der Waals surface area contributed by atoms with Gasteiger partial charge in [-0.2, -0.15) is 0 Å². The number of carbonyl (C=O) groups is 2. The lowest BCUT2D eigenvalue weighted by Gasteiger charge is -2.36. The van der Waals surface area contributed by atoms with Crippen molar-refractivity contribution >= 4 is 11.8 Å². The van der Waals surface area contributed by atoms with E-state index in [0.717, 1.165) is 39.4 Å². The summed E-state index contributed by atoms with van der Waals surface area (Å²) in [4.78, 5) is 27.2. The third-order valence-electron chi connectivity index (χ3n) is 7.26. The summed E-state index contributed by atoms with van der Waals surface area (Å²) in [6, 6.07) is 25.6. The van der Waals surface area contributed by atoms with Crippen LogP contribution in [0.3, 0.4) is 0 Å². The topological polar surface area (TPSA) is 64.6 Å². The van der Waals surface area contributed by atoms with E-state index in [1.54, 1.807) is 7.11 Å². The van der Waals surface area contributed by atoms with Gasteiger partial charge < -0.3 is 14.8 Å². The first-order valence-corrected chi connectivity index (χ1v) is 12.6. The molecule has 0 bridgehead atoms. The van der Waals surface area contributed by atoms with Crippen LogP contribution in [0.15, 0.2) is 101 Å². The molecule has 1 heterocycles. The Morgan fingerprint density at radius 2 is 1.57 bits per heavy atom. The zero-order valence-electron chi connectivity index (χ0n) is 21.4. The van der Waals surface area contributed by atoms with Crippen molar-refractivity contribution in [3.63, 3.8) is 0 Å². The van der Waals surface area contributed by atoms with E-state index in [9.17, 15) is 9.59 Å². The maximum Gasteiger partial charge on any atom is 0.337 e. The van der Waals surface area contributed by atoms with Crippen molar-refractivity contribution in [3.05, 3.63) is 124 Å². The summed E-state index contributed by atoms with van der Waals surface area (Å²) in [7, 11) is 1.64. The van der Waals surface area contributed by atoms with Crippen LogP contribution in [0.1, 0.15) is 53.9 Å². The van der Waals surface area contributed by atoms with Gasteiger partial charge in [-0.3, -0.25) is 4.79 Å². The summed E-state index contributed by atoms with van der Waals surface area (Å²) in [6.45, 7) is 4.10. The van der Waals surface area contributed by atoms with Crippen LogP contribution < -0.4 is 10.1 Å². The van der Waals surface area contributed by atoms with Crippen LogP contribution in [-0.4, -0.2) is 18.9 Å². The Morgan fingerprint density at radius 1 is 0.892 bits per heavy atom. The summed E-state index contributed by atoms with van der Waals surface area (Å²) < 4.78 is 11.1. The second kappa shape index (κ2) is 10.5. The molecular weight excluding hydrogens is 462 g/mol. The van der Waals surface area contributed by atoms with Gasteiger partial charge in [0.2, 0.25) is 0 Å². The van der Waals surface area contributed by atoms with Gasteiger partial charge in [-0.1, -0.05) is 72.3 Å². The first-order valence-electron chi connectivity index (χ1n) is 12.6. The molecule has 0 fully saturated rings. The molecule has 37 heavy (non-hydrogen) atoms. The number of methoxy groups -OCH3 is 1. The highest BCUT2D eigenvalue weighted by Gasteiger charge is 2.41. The molecule has 0 amide bonds. The van der Waals surface area contributed by atoms with Crippen LogP contribution in [0.25, 0.3) is 0 Å². The third kappa shape index (κ3) is 5.08. The Morgan fingerprint density at radius 3 is 2.24 bits per heavy atom. The number of nitrogens with one attached hydrogen (secondary N) is 1. The molecule has 0 radical (unpaired) electrons. The normalized spacial score (nSPS) is 19.3. The van der Waals surface area contributed by atoms with Crippen LogP contribution in [0.2, 0.25) is 0 Å². The van der Waals surface area contributed by atoms with Crippen molar-refractivity contribution in [2.75, 3.05) is 7.11 Å². The quantitative estimate of drug-likeness (QED) is 0.420. The molecule has 1 aliphatic heterocycles. The third-order valence-corrected chi connectivity index (χ3v) is 7.26. The molecule has 0 unspecified atom stereocenters. The first kappa shape index (κ1) is 24.6. The summed E-state index contributed by atoms with van der Waals surface area (Å²) in [5, 5.41) is 3.42. The number of hydrogen-bond acceptors (Lipinski definition) is 5. The fraction of sp³-hybridized carbons (Fsp3) is 0.250. The lowest BCUT2D eigenvalue weighted by molar-refractivity contribution is -0.140. The molecule has 1 aliphatic carbocycles. The second-order valence-electron chi connectivity index (χ2n) is 9.76. The van der Waals surface area contributed by atoms with E-state index in [-0.39, 0.29) is 18.3 Å². The van der Waals surface area contributed by atoms with Crippen LogP contribution in [0.5, 0.6) is 5.75 Å². The van der Waals surface area contributed by atoms with Gasteiger partial charge in [0.25, 0.3) is 0 Å². The minimum absolute atomic E-state index is 0.0565. The van der Waals surface area contributed by atoms with Crippen molar-refractivity contribution < 1.29 is 19.1 Å². The van der Waals surface area contributed by atoms with Gasteiger partial charge in [-0.15, -0.1) is 0 Å². The summed E-state index contributed by atoms with van der Waals surface area (Å²) in [6.07, 6.45) is 1.08. The zero-order chi connectivity index (χ0) is 25.9. The predicted molar refractivity (Wildman–Crippen MR) is 143 cm³/mol. The van der Waals surface area contributed by atoms with E-state index in [1.165, 1.54) is 0 Å². The second-order valence-corrected chi connectivity index (χ2v) is 9.76. The van der Waals surface area contributed by atoms with Gasteiger partial charge >= 0.3 is 5.97 Å². The smallest absolute Gasteiger partial charge is 0.337 e. The molecule has 3 aromatic rings. The molecule has 0 spiro atoms. The molecule has 1 N–H and O–H groups in total. The van der Waals surface area contributed by atoms with Crippen molar-refractivity contribution in [1.29, 1.82) is 0 Å². The molecule has 3 aromatic carbocycles. The van der Waals surface area contributed by atoms with Crippen molar-refractivity contribution in [3.8, 4) is 5.75 Å². The Kier molecular flexibility index (Phi) is 6.95. The SMILES string of the molecule is COc1ccc([C@@H]2CC(=O)C3=C(C2)NC(C)=C(C(=O)OCc2ccccc2)[C@H]3c2ccc(C)cc2)cc1. The highest BCUT2D eigenvalue weighted by molar-refractivity contribution is 6.04. The standard InChI is InChI=1S/C32H31NO4/c1-20-9-11-24(12-10-20)30-29(32(35)37-19-22-7-5-4-6-8-22)21(2)33-27-17-25(18-28(34)31(27)30)23-13-15-26(36-3)16-14-23/h4-16,25,30,33H,17-19H2,1-3H3/t25-,30+/m0/s1. The van der Waals surface area contributed by atoms with E-state index in [1.807, 2.05) is 92.7 Å². The number of hydrogen-bond donors (Lipinski definition) is 1. The maximum atomic E-state index is 13.7. The number of dihydropyridines is 1. The highest BCUT2D eigenvalue weighted by atomic mass is 16.5. The number of ether oxygens (including phenoxy) is 2. The molecule has 0 saturated carbocycles. The number of Topliss-reactive ketones (excluding diaryl/α,β-unsaturated/α-hetero) is 1. The monoisotopic (exact) mass is 493 g/mol. The summed E-state index contributed by atoms with van der Waals surface area (Å²) in [5.74, 6) is 0.0302. The van der Waals surface area contributed by atoms with Crippen LogP contribution in [0.4, 0.5) is 0 Å². The van der Waals surface area contributed by atoms with Crippen molar-refractivity contribution in [2.24, 2.45) is 0 Å². The number of carbonyl (C=O) groups excluding carboxylic acids is 2. The van der Waals surface area contributed by atoms with Crippen LogP contribution in [0, 0.1) is 6.92 Å². The number of aryl methyl sites for hydroxylation is 1. The van der Waals surface area contributed by atoms with Gasteiger partial charge in [0.05, 0.1) is 12.7 Å². The van der Waals surface area contributed by atoms with Gasteiger partial charge in [-0.25, -0.2) is 4.79 Å². The summed E-state index contributed by atoms with van der Waals surface area (Å²) in [5.41, 5.74) is 6.84. The molecule has 5 heteroatoms. The summed E-state index contributed by atoms with van der Waals surface area (Å²) >= 11 is 0. The van der Waals surface area contributed by atoms with Gasteiger partial charge in [0.15, 0.2) is 5.78 Å². The number of esters is 1. The molecule has 5 rings (SSSR count). The average molecular weight is 494 g/mol. The van der Waals surface area contributed by atoms with Crippen LogP contribution in [-0.2, 0) is 20.9 Å². The number of rotatable bonds is 6. The van der Waals surface area contributed by atoms with E-state index in [2.05, 4.69) is 5.32 Å². The average Bonchev–Trinajstić information content (AvgIpc) is 2.92. The van der Waals surface area contributed by atoms with Crippen molar-refractivity contribution in [1.82, 2.24) is 5.32 Å². The Labute approximate surface area is 217 Å². The van der Waals surface area contributed by atoms with E-state index in [0.29, 0.717) is 24.0 Å². The van der Waals surface area contributed by atoms with Gasteiger partial charge in [0, 0.05) is 29.3 Å². The molecular formula is C32H31NO4. The molecule has 2 aliphatic rings. The minimum Gasteiger partial charge on any atom is -0.497 e. The van der Waals surface area contributed by atoms with Gasteiger partial charge in [-0.05, 0) is 55.0 Å². The Bertz CT molecular complexity index is 1370.